The number of methoxy groups -OCH3 is 1. The van der Waals surface area contributed by atoms with Crippen LogP contribution in [0.25, 0.3) is 0 Å². The van der Waals surface area contributed by atoms with Gasteiger partial charge < -0.3 is 14.6 Å². The number of ether oxygens (including phenoxy) is 1. The molecule has 1 atom stereocenters. The lowest BCUT2D eigenvalue weighted by molar-refractivity contribution is 0.182. The summed E-state index contributed by atoms with van der Waals surface area (Å²) in [6.07, 6.45) is 5.37. The van der Waals surface area contributed by atoms with Crippen LogP contribution < -0.4 is 5.32 Å². The average molecular weight is 298 g/mol. The van der Waals surface area contributed by atoms with Crippen LogP contribution in [0.2, 0.25) is 5.02 Å². The fourth-order valence-corrected chi connectivity index (χ4v) is 2.43. The van der Waals surface area contributed by atoms with E-state index in [2.05, 4.69) is 22.3 Å². The van der Waals surface area contributed by atoms with Crippen molar-refractivity contribution in [3.63, 3.8) is 0 Å². The molecule has 2 aromatic rings. The Kier molecular flexibility index (Phi) is 5.17. The molecule has 0 aliphatic heterocycles. The second-order valence-electron chi connectivity index (χ2n) is 4.48. The van der Waals surface area contributed by atoms with Gasteiger partial charge in [0, 0.05) is 26.6 Å². The molecule has 20 heavy (non-hydrogen) atoms. The Morgan fingerprint density at radius 1 is 1.50 bits per heavy atom. The molecule has 0 amide bonds. The van der Waals surface area contributed by atoms with Crippen molar-refractivity contribution in [2.75, 3.05) is 20.3 Å². The molecular formula is C13H20ClN5O. The summed E-state index contributed by atoms with van der Waals surface area (Å²) in [5, 5.41) is 8.37. The first-order valence-corrected chi connectivity index (χ1v) is 6.97. The van der Waals surface area contributed by atoms with Crippen LogP contribution in [0, 0.1) is 0 Å². The van der Waals surface area contributed by atoms with E-state index in [9.17, 15) is 0 Å². The first-order valence-electron chi connectivity index (χ1n) is 6.59. The van der Waals surface area contributed by atoms with E-state index in [1.807, 2.05) is 22.5 Å². The Bertz CT molecular complexity index is 551. The molecule has 1 unspecified atom stereocenters. The molecule has 6 nitrogen and oxygen atoms in total. The Labute approximate surface area is 123 Å². The normalized spacial score (nSPS) is 12.8. The number of rotatable bonds is 7. The van der Waals surface area contributed by atoms with Crippen molar-refractivity contribution in [2.24, 2.45) is 7.05 Å². The molecule has 0 saturated heterocycles. The van der Waals surface area contributed by atoms with Crippen LogP contribution in [0.15, 0.2) is 18.6 Å². The third-order valence-corrected chi connectivity index (χ3v) is 3.43. The summed E-state index contributed by atoms with van der Waals surface area (Å²) in [6.45, 7) is 4.11. The second kappa shape index (κ2) is 6.88. The van der Waals surface area contributed by atoms with Crippen LogP contribution in [0.1, 0.15) is 24.5 Å². The van der Waals surface area contributed by atoms with E-state index < -0.39 is 0 Å². The quantitative estimate of drug-likeness (QED) is 0.844. The minimum Gasteiger partial charge on any atom is -0.383 e. The zero-order valence-corrected chi connectivity index (χ0v) is 12.8. The van der Waals surface area contributed by atoms with Crippen LogP contribution in [0.5, 0.6) is 0 Å². The first-order chi connectivity index (χ1) is 9.69. The molecule has 2 rings (SSSR count). The van der Waals surface area contributed by atoms with Gasteiger partial charge in [0.05, 0.1) is 30.1 Å². The van der Waals surface area contributed by atoms with Crippen LogP contribution >= 0.6 is 11.6 Å². The number of aromatic nitrogens is 4. The molecule has 0 spiro atoms. The van der Waals surface area contributed by atoms with Crippen molar-refractivity contribution in [3.8, 4) is 0 Å². The largest absolute Gasteiger partial charge is 0.383 e. The maximum absolute atomic E-state index is 6.32. The highest BCUT2D eigenvalue weighted by Gasteiger charge is 2.24. The number of halogens is 1. The molecule has 2 aromatic heterocycles. The maximum atomic E-state index is 6.32. The summed E-state index contributed by atoms with van der Waals surface area (Å²) in [6, 6.07) is -0.0909. The highest BCUT2D eigenvalue weighted by atomic mass is 35.5. The maximum Gasteiger partial charge on any atom is 0.131 e. The molecule has 0 aliphatic carbocycles. The second-order valence-corrected chi connectivity index (χ2v) is 4.89. The van der Waals surface area contributed by atoms with Crippen LogP contribution in [-0.2, 0) is 18.3 Å². The molecule has 7 heteroatoms. The zero-order valence-electron chi connectivity index (χ0n) is 12.0. The predicted molar refractivity (Wildman–Crippen MR) is 77.8 cm³/mol. The van der Waals surface area contributed by atoms with Gasteiger partial charge in [-0.15, -0.1) is 0 Å². The summed E-state index contributed by atoms with van der Waals surface area (Å²) < 4.78 is 8.97. The van der Waals surface area contributed by atoms with Gasteiger partial charge in [0.2, 0.25) is 0 Å². The number of nitrogens with zero attached hydrogens (tertiary/aromatic N) is 4. The molecule has 0 saturated carbocycles. The van der Waals surface area contributed by atoms with E-state index in [1.54, 1.807) is 19.5 Å². The van der Waals surface area contributed by atoms with Crippen LogP contribution in [0.3, 0.4) is 0 Å². The highest BCUT2D eigenvalue weighted by Crippen LogP contribution is 2.27. The molecule has 0 bridgehead atoms. The van der Waals surface area contributed by atoms with E-state index in [0.717, 1.165) is 18.1 Å². The van der Waals surface area contributed by atoms with Crippen molar-refractivity contribution in [2.45, 2.75) is 19.5 Å². The van der Waals surface area contributed by atoms with Gasteiger partial charge >= 0.3 is 0 Å². The first kappa shape index (κ1) is 15.0. The Hall–Kier alpha value is -1.37. The SMILES string of the molecule is CCNC(c1nccn1C)c1c(Cl)cnn1CCOC. The minimum absolute atomic E-state index is 0.0909. The summed E-state index contributed by atoms with van der Waals surface area (Å²) in [5.74, 6) is 0.910. The molecule has 0 radical (unpaired) electrons. The number of hydrogen-bond donors (Lipinski definition) is 1. The Morgan fingerprint density at radius 3 is 2.90 bits per heavy atom. The predicted octanol–water partition coefficient (Wildman–Crippen LogP) is 1.62. The van der Waals surface area contributed by atoms with Gasteiger partial charge in [0.1, 0.15) is 11.9 Å². The standard InChI is InChI=1S/C13H20ClN5O/c1-4-15-11(13-16-5-6-18(13)2)12-10(14)9-17-19(12)7-8-20-3/h5-6,9,11,15H,4,7-8H2,1-3H3. The summed E-state index contributed by atoms with van der Waals surface area (Å²) in [5.41, 5.74) is 0.917. The van der Waals surface area contributed by atoms with Crippen molar-refractivity contribution >= 4 is 11.6 Å². The van der Waals surface area contributed by atoms with Gasteiger partial charge in [0.25, 0.3) is 0 Å². The van der Waals surface area contributed by atoms with E-state index in [1.165, 1.54) is 0 Å². The highest BCUT2D eigenvalue weighted by molar-refractivity contribution is 6.31. The van der Waals surface area contributed by atoms with Crippen molar-refractivity contribution in [1.82, 2.24) is 24.6 Å². The fraction of sp³-hybridized carbons (Fsp3) is 0.538. The minimum atomic E-state index is -0.0909. The number of imidazole rings is 1. The topological polar surface area (TPSA) is 56.9 Å². The number of nitrogens with one attached hydrogen (secondary N) is 1. The van der Waals surface area contributed by atoms with Crippen molar-refractivity contribution < 1.29 is 4.74 Å². The molecular weight excluding hydrogens is 278 g/mol. The lowest BCUT2D eigenvalue weighted by Crippen LogP contribution is -2.28. The monoisotopic (exact) mass is 297 g/mol. The van der Waals surface area contributed by atoms with E-state index in [0.29, 0.717) is 18.2 Å². The molecule has 0 fully saturated rings. The molecule has 110 valence electrons. The van der Waals surface area contributed by atoms with Crippen LogP contribution in [0.4, 0.5) is 0 Å². The van der Waals surface area contributed by atoms with Gasteiger partial charge in [-0.05, 0) is 6.54 Å². The lowest BCUT2D eigenvalue weighted by Gasteiger charge is -2.19. The lowest BCUT2D eigenvalue weighted by atomic mass is 10.2. The third kappa shape index (κ3) is 3.03. The zero-order chi connectivity index (χ0) is 14.5. The average Bonchev–Trinajstić information content (AvgIpc) is 3.01. The smallest absolute Gasteiger partial charge is 0.131 e. The Balaban J connectivity index is 2.39. The van der Waals surface area contributed by atoms with Crippen LogP contribution in [-0.4, -0.2) is 39.6 Å². The van der Waals surface area contributed by atoms with Crippen molar-refractivity contribution in [3.05, 3.63) is 35.1 Å². The van der Waals surface area contributed by atoms with E-state index in [-0.39, 0.29) is 6.04 Å². The number of aryl methyl sites for hydroxylation is 1. The molecule has 0 aliphatic rings. The van der Waals surface area contributed by atoms with Gasteiger partial charge in [0.15, 0.2) is 0 Å². The molecule has 2 heterocycles. The molecule has 1 N–H and O–H groups in total. The molecule has 0 aromatic carbocycles. The fourth-order valence-electron chi connectivity index (χ4n) is 2.18. The van der Waals surface area contributed by atoms with Gasteiger partial charge in [-0.1, -0.05) is 18.5 Å². The van der Waals surface area contributed by atoms with Crippen molar-refractivity contribution in [1.29, 1.82) is 0 Å². The summed E-state index contributed by atoms with van der Waals surface area (Å²) in [7, 11) is 3.64. The summed E-state index contributed by atoms with van der Waals surface area (Å²) in [4.78, 5) is 4.42. The third-order valence-electron chi connectivity index (χ3n) is 3.14. The number of hydrogen-bond acceptors (Lipinski definition) is 4. The van der Waals surface area contributed by atoms with E-state index >= 15 is 0 Å². The Morgan fingerprint density at radius 2 is 2.30 bits per heavy atom. The van der Waals surface area contributed by atoms with Gasteiger partial charge in [-0.3, -0.25) is 4.68 Å². The van der Waals surface area contributed by atoms with Gasteiger partial charge in [-0.2, -0.15) is 5.10 Å². The van der Waals surface area contributed by atoms with E-state index in [4.69, 9.17) is 16.3 Å². The summed E-state index contributed by atoms with van der Waals surface area (Å²) >= 11 is 6.32. The van der Waals surface area contributed by atoms with Gasteiger partial charge in [-0.25, -0.2) is 4.98 Å².